The summed E-state index contributed by atoms with van der Waals surface area (Å²) in [7, 11) is 1.66. The second-order valence-corrected chi connectivity index (χ2v) is 6.69. The van der Waals surface area contributed by atoms with E-state index in [9.17, 15) is 4.79 Å². The maximum atomic E-state index is 12.9. The van der Waals surface area contributed by atoms with Crippen LogP contribution in [0.25, 0.3) is 0 Å². The van der Waals surface area contributed by atoms with Gasteiger partial charge in [0.2, 0.25) is 5.91 Å². The van der Waals surface area contributed by atoms with Crippen LogP contribution in [0, 0.1) is 4.77 Å². The van der Waals surface area contributed by atoms with E-state index in [-0.39, 0.29) is 18.5 Å². The lowest BCUT2D eigenvalue weighted by atomic mass is 10.0. The Morgan fingerprint density at radius 3 is 2.84 bits per heavy atom. The molecule has 6 nitrogen and oxygen atoms in total. The van der Waals surface area contributed by atoms with Crippen LogP contribution < -0.4 is 4.74 Å². The van der Waals surface area contributed by atoms with Crippen molar-refractivity contribution in [2.45, 2.75) is 45.2 Å². The number of ether oxygens (including phenoxy) is 1. The summed E-state index contributed by atoms with van der Waals surface area (Å²) in [6.07, 6.45) is 3.77. The van der Waals surface area contributed by atoms with Gasteiger partial charge in [0.25, 0.3) is 0 Å². The first-order chi connectivity index (χ1) is 12.1. The van der Waals surface area contributed by atoms with Gasteiger partial charge >= 0.3 is 0 Å². The number of benzene rings is 1. The Kier molecular flexibility index (Phi) is 5.53. The van der Waals surface area contributed by atoms with Gasteiger partial charge in [0.15, 0.2) is 4.77 Å². The van der Waals surface area contributed by atoms with Crippen molar-refractivity contribution in [1.29, 1.82) is 0 Å². The minimum Gasteiger partial charge on any atom is -0.497 e. The molecule has 134 valence electrons. The molecule has 25 heavy (non-hydrogen) atoms. The smallest absolute Gasteiger partial charge is 0.243 e. The zero-order chi connectivity index (χ0) is 17.8. The number of hydrogen-bond acceptors (Lipinski definition) is 4. The number of nitrogens with zero attached hydrogens (tertiary/aromatic N) is 3. The predicted molar refractivity (Wildman–Crippen MR) is 98.1 cm³/mol. The highest BCUT2D eigenvalue weighted by Gasteiger charge is 2.30. The third-order valence-corrected chi connectivity index (χ3v) is 4.99. The maximum absolute atomic E-state index is 12.9. The molecule has 1 saturated heterocycles. The van der Waals surface area contributed by atoms with E-state index in [0.29, 0.717) is 4.77 Å². The number of hydrogen-bond donors (Lipinski definition) is 1. The van der Waals surface area contributed by atoms with Crippen LogP contribution in [0.3, 0.4) is 0 Å². The van der Waals surface area contributed by atoms with Gasteiger partial charge in [0, 0.05) is 13.0 Å². The zero-order valence-electron chi connectivity index (χ0n) is 14.7. The lowest BCUT2D eigenvalue weighted by Crippen LogP contribution is -2.33. The van der Waals surface area contributed by atoms with Gasteiger partial charge in [-0.3, -0.25) is 14.5 Å². The average Bonchev–Trinajstić information content (AvgIpc) is 3.24. The molecule has 2 heterocycles. The van der Waals surface area contributed by atoms with Gasteiger partial charge < -0.3 is 9.64 Å². The summed E-state index contributed by atoms with van der Waals surface area (Å²) in [5.74, 6) is 1.77. The van der Waals surface area contributed by atoms with E-state index in [2.05, 4.69) is 17.1 Å². The molecule has 7 heteroatoms. The van der Waals surface area contributed by atoms with Gasteiger partial charge in [0.05, 0.1) is 13.2 Å². The fraction of sp³-hybridized carbons (Fsp3) is 0.500. The van der Waals surface area contributed by atoms with E-state index in [1.165, 1.54) is 0 Å². The molecule has 1 aromatic heterocycles. The molecule has 1 amide bonds. The molecule has 0 spiro atoms. The van der Waals surface area contributed by atoms with E-state index < -0.39 is 0 Å². The minimum absolute atomic E-state index is 0.0909. The second-order valence-electron chi connectivity index (χ2n) is 6.30. The molecule has 1 aliphatic rings. The fourth-order valence-electron chi connectivity index (χ4n) is 3.39. The van der Waals surface area contributed by atoms with Crippen LogP contribution in [0.5, 0.6) is 5.75 Å². The molecule has 0 radical (unpaired) electrons. The molecule has 1 N–H and O–H groups in total. The Morgan fingerprint density at radius 2 is 2.16 bits per heavy atom. The number of nitrogens with one attached hydrogen (secondary N) is 1. The van der Waals surface area contributed by atoms with Crippen LogP contribution in [0.4, 0.5) is 0 Å². The molecule has 0 aliphatic carbocycles. The molecule has 1 aliphatic heterocycles. The summed E-state index contributed by atoms with van der Waals surface area (Å²) < 4.78 is 7.55. The Hall–Kier alpha value is -2.15. The fourth-order valence-corrected chi connectivity index (χ4v) is 3.61. The van der Waals surface area contributed by atoms with Crippen molar-refractivity contribution in [2.75, 3.05) is 13.7 Å². The second kappa shape index (κ2) is 7.82. The molecular weight excluding hydrogens is 336 g/mol. The Morgan fingerprint density at radius 1 is 1.40 bits per heavy atom. The van der Waals surface area contributed by atoms with Crippen LogP contribution in [0.2, 0.25) is 0 Å². The number of aryl methyl sites for hydroxylation is 1. The summed E-state index contributed by atoms with van der Waals surface area (Å²) in [6.45, 7) is 3.12. The van der Waals surface area contributed by atoms with Gasteiger partial charge in [-0.2, -0.15) is 5.10 Å². The predicted octanol–water partition coefficient (Wildman–Crippen LogP) is 3.27. The zero-order valence-corrected chi connectivity index (χ0v) is 15.5. The molecule has 1 fully saturated rings. The Bertz CT molecular complexity index is 781. The number of rotatable bonds is 6. The quantitative estimate of drug-likeness (QED) is 0.803. The first kappa shape index (κ1) is 17.7. The summed E-state index contributed by atoms with van der Waals surface area (Å²) in [5, 5.41) is 7.05. The van der Waals surface area contributed by atoms with Crippen molar-refractivity contribution in [1.82, 2.24) is 19.7 Å². The highest BCUT2D eigenvalue weighted by molar-refractivity contribution is 7.71. The molecule has 1 aromatic carbocycles. The van der Waals surface area contributed by atoms with Crippen molar-refractivity contribution in [3.63, 3.8) is 0 Å². The van der Waals surface area contributed by atoms with Crippen molar-refractivity contribution < 1.29 is 9.53 Å². The summed E-state index contributed by atoms with van der Waals surface area (Å²) >= 11 is 5.29. The number of carbonyl (C=O) groups excluding carboxylic acids is 1. The average molecular weight is 360 g/mol. The SMILES string of the molecule is CCCc1n[nH]c(=S)n1CC(=O)N1CCCC1c1ccc(OC)cc1. The van der Waals surface area contributed by atoms with Gasteiger partial charge in [-0.05, 0) is 49.2 Å². The molecule has 2 aromatic rings. The van der Waals surface area contributed by atoms with Gasteiger partial charge in [-0.15, -0.1) is 0 Å². The summed E-state index contributed by atoms with van der Waals surface area (Å²) in [4.78, 5) is 14.9. The van der Waals surface area contributed by atoms with E-state index in [1.807, 2.05) is 33.7 Å². The van der Waals surface area contributed by atoms with Gasteiger partial charge in [-0.1, -0.05) is 19.1 Å². The molecular formula is C18H24N4O2S. The van der Waals surface area contributed by atoms with E-state index in [0.717, 1.165) is 49.4 Å². The maximum Gasteiger partial charge on any atom is 0.243 e. The summed E-state index contributed by atoms with van der Waals surface area (Å²) in [6, 6.07) is 8.10. The molecule has 3 rings (SSSR count). The van der Waals surface area contributed by atoms with Gasteiger partial charge in [-0.25, -0.2) is 0 Å². The van der Waals surface area contributed by atoms with Crippen molar-refractivity contribution in [3.05, 3.63) is 40.4 Å². The number of carbonyl (C=O) groups is 1. The third kappa shape index (κ3) is 3.76. The van der Waals surface area contributed by atoms with E-state index in [4.69, 9.17) is 17.0 Å². The van der Waals surface area contributed by atoms with Crippen LogP contribution in [-0.2, 0) is 17.8 Å². The number of amides is 1. The van der Waals surface area contributed by atoms with E-state index >= 15 is 0 Å². The molecule has 0 saturated carbocycles. The first-order valence-corrected chi connectivity index (χ1v) is 9.12. The monoisotopic (exact) mass is 360 g/mol. The molecule has 1 unspecified atom stereocenters. The third-order valence-electron chi connectivity index (χ3n) is 4.68. The standard InChI is InChI=1S/C18H24N4O2S/c1-3-5-16-19-20-18(25)22(16)12-17(23)21-11-4-6-15(21)13-7-9-14(24-2)10-8-13/h7-10,15H,3-6,11-12H2,1-2H3,(H,20,25). The first-order valence-electron chi connectivity index (χ1n) is 8.71. The highest BCUT2D eigenvalue weighted by Crippen LogP contribution is 2.33. The lowest BCUT2D eigenvalue weighted by Gasteiger charge is -2.25. The number of likely N-dealkylation sites (tertiary alicyclic amines) is 1. The van der Waals surface area contributed by atoms with Crippen LogP contribution >= 0.6 is 12.2 Å². The number of aromatic amines is 1. The lowest BCUT2D eigenvalue weighted by molar-refractivity contribution is -0.132. The minimum atomic E-state index is 0.0909. The van der Waals surface area contributed by atoms with E-state index in [1.54, 1.807) is 7.11 Å². The van der Waals surface area contributed by atoms with Crippen LogP contribution in [0.15, 0.2) is 24.3 Å². The normalized spacial score (nSPS) is 17.0. The van der Waals surface area contributed by atoms with Crippen molar-refractivity contribution in [3.8, 4) is 5.75 Å². The molecule has 1 atom stereocenters. The highest BCUT2D eigenvalue weighted by atomic mass is 32.1. The number of methoxy groups -OCH3 is 1. The topological polar surface area (TPSA) is 63.2 Å². The Labute approximate surface area is 152 Å². The van der Waals surface area contributed by atoms with Crippen molar-refractivity contribution in [2.24, 2.45) is 0 Å². The number of aromatic nitrogens is 3. The summed E-state index contributed by atoms with van der Waals surface area (Å²) in [5.41, 5.74) is 1.15. The largest absolute Gasteiger partial charge is 0.497 e. The van der Waals surface area contributed by atoms with Crippen LogP contribution in [-0.4, -0.2) is 39.2 Å². The molecule has 0 bridgehead atoms. The van der Waals surface area contributed by atoms with Crippen LogP contribution in [0.1, 0.15) is 43.6 Å². The van der Waals surface area contributed by atoms with Gasteiger partial charge in [0.1, 0.15) is 18.1 Å². The Balaban J connectivity index is 1.76. The number of H-pyrrole nitrogens is 1. The van der Waals surface area contributed by atoms with Crippen molar-refractivity contribution >= 4 is 18.1 Å².